The van der Waals surface area contributed by atoms with Gasteiger partial charge in [-0.25, -0.2) is 0 Å². The summed E-state index contributed by atoms with van der Waals surface area (Å²) in [7, 11) is 0. The highest BCUT2D eigenvalue weighted by Gasteiger charge is 2.52. The van der Waals surface area contributed by atoms with Crippen molar-refractivity contribution in [3.8, 4) is 0 Å². The summed E-state index contributed by atoms with van der Waals surface area (Å²) in [6.45, 7) is 9.33. The molecule has 3 aliphatic heterocycles. The minimum Gasteiger partial charge on any atom is -0.381 e. The monoisotopic (exact) mass is 321 g/mol. The molecule has 0 amide bonds. The Hall–Kier alpha value is -0.160. The lowest BCUT2D eigenvalue weighted by Gasteiger charge is -2.59. The van der Waals surface area contributed by atoms with E-state index in [-0.39, 0.29) is 0 Å². The van der Waals surface area contributed by atoms with E-state index < -0.39 is 0 Å². The van der Waals surface area contributed by atoms with Crippen LogP contribution in [0.4, 0.5) is 0 Å². The summed E-state index contributed by atoms with van der Waals surface area (Å²) >= 11 is 0. The zero-order chi connectivity index (χ0) is 15.9. The molecule has 1 saturated carbocycles. The average molecular weight is 322 g/mol. The Kier molecular flexibility index (Phi) is 4.70. The molecule has 132 valence electrons. The predicted molar refractivity (Wildman–Crippen MR) is 93.4 cm³/mol. The Bertz CT molecular complexity index is 403. The smallest absolute Gasteiger partial charge is 0.0480 e. The second-order valence-corrected chi connectivity index (χ2v) is 8.86. The summed E-state index contributed by atoms with van der Waals surface area (Å²) in [6, 6.07) is 1.95. The van der Waals surface area contributed by atoms with E-state index in [1.807, 2.05) is 0 Å². The normalized spacial score (nSPS) is 44.3. The first-order valence-corrected chi connectivity index (χ1v) is 9.98. The summed E-state index contributed by atoms with van der Waals surface area (Å²) in [5.74, 6) is 0.893. The van der Waals surface area contributed by atoms with Gasteiger partial charge in [-0.2, -0.15) is 0 Å². The number of piperidine rings is 2. The fourth-order valence-electron chi connectivity index (χ4n) is 5.67. The number of hydrogen-bond donors (Lipinski definition) is 1. The van der Waals surface area contributed by atoms with Crippen molar-refractivity contribution in [3.63, 3.8) is 0 Å². The molecule has 2 unspecified atom stereocenters. The van der Waals surface area contributed by atoms with E-state index in [1.165, 1.54) is 64.6 Å². The molecule has 4 fully saturated rings. The van der Waals surface area contributed by atoms with Crippen molar-refractivity contribution in [2.24, 2.45) is 17.1 Å². The van der Waals surface area contributed by atoms with Crippen LogP contribution >= 0.6 is 0 Å². The van der Waals surface area contributed by atoms with Gasteiger partial charge in [0.05, 0.1) is 0 Å². The van der Waals surface area contributed by atoms with Gasteiger partial charge in [0.25, 0.3) is 0 Å². The molecular formula is C19H35N3O. The van der Waals surface area contributed by atoms with Gasteiger partial charge in [-0.1, -0.05) is 6.92 Å². The minimum atomic E-state index is 0.387. The van der Waals surface area contributed by atoms with Gasteiger partial charge in [0, 0.05) is 44.4 Å². The molecular weight excluding hydrogens is 286 g/mol. The molecule has 4 rings (SSSR count). The van der Waals surface area contributed by atoms with Crippen LogP contribution in [-0.4, -0.2) is 67.3 Å². The minimum absolute atomic E-state index is 0.387. The van der Waals surface area contributed by atoms with E-state index in [4.69, 9.17) is 10.5 Å². The third-order valence-electron chi connectivity index (χ3n) is 7.31. The summed E-state index contributed by atoms with van der Waals surface area (Å²) in [4.78, 5) is 5.45. The number of rotatable bonds is 2. The molecule has 0 aromatic rings. The highest BCUT2D eigenvalue weighted by atomic mass is 16.5. The van der Waals surface area contributed by atoms with Crippen LogP contribution < -0.4 is 5.73 Å². The maximum Gasteiger partial charge on any atom is 0.0480 e. The predicted octanol–water partition coefficient (Wildman–Crippen LogP) is 2.08. The van der Waals surface area contributed by atoms with Crippen LogP contribution in [0.2, 0.25) is 0 Å². The Morgan fingerprint density at radius 2 is 1.70 bits per heavy atom. The number of hydrogen-bond acceptors (Lipinski definition) is 4. The van der Waals surface area contributed by atoms with Crippen LogP contribution in [0.5, 0.6) is 0 Å². The lowest BCUT2D eigenvalue weighted by atomic mass is 9.57. The van der Waals surface area contributed by atoms with Crippen LogP contribution in [-0.2, 0) is 4.74 Å². The van der Waals surface area contributed by atoms with Gasteiger partial charge >= 0.3 is 0 Å². The van der Waals surface area contributed by atoms with Gasteiger partial charge in [-0.3, -0.25) is 4.90 Å². The molecule has 1 aliphatic carbocycles. The highest BCUT2D eigenvalue weighted by Crippen LogP contribution is 2.51. The maximum atomic E-state index is 6.70. The lowest BCUT2D eigenvalue weighted by molar-refractivity contribution is -0.0797. The molecule has 1 spiro atoms. The zero-order valence-corrected chi connectivity index (χ0v) is 14.9. The van der Waals surface area contributed by atoms with Gasteiger partial charge in [-0.15, -0.1) is 0 Å². The van der Waals surface area contributed by atoms with Gasteiger partial charge in [0.2, 0.25) is 0 Å². The Balaban J connectivity index is 1.30. The standard InChI is InChI=1S/C19H35N3O/c1-15-3-2-7-21(13-15)17-11-19(12-17)6-8-22(14-18(19)20)16-4-9-23-10-5-16/h15-18H,2-14,20H2,1H3. The van der Waals surface area contributed by atoms with E-state index in [2.05, 4.69) is 16.7 Å². The van der Waals surface area contributed by atoms with Crippen molar-refractivity contribution >= 4 is 0 Å². The van der Waals surface area contributed by atoms with Crippen molar-refractivity contribution in [1.29, 1.82) is 0 Å². The number of nitrogens with two attached hydrogens (primary N) is 1. The summed E-state index contributed by atoms with van der Waals surface area (Å²) in [6.07, 6.45) is 9.28. The molecule has 23 heavy (non-hydrogen) atoms. The molecule has 0 radical (unpaired) electrons. The molecule has 4 heteroatoms. The van der Waals surface area contributed by atoms with Crippen molar-refractivity contribution < 1.29 is 4.74 Å². The average Bonchev–Trinajstić information content (AvgIpc) is 2.54. The molecule has 2 atom stereocenters. The molecule has 4 nitrogen and oxygen atoms in total. The van der Waals surface area contributed by atoms with Gasteiger partial charge < -0.3 is 15.4 Å². The number of likely N-dealkylation sites (tertiary alicyclic amines) is 2. The van der Waals surface area contributed by atoms with Crippen LogP contribution in [0.3, 0.4) is 0 Å². The summed E-state index contributed by atoms with van der Waals surface area (Å²) in [5, 5.41) is 0. The Morgan fingerprint density at radius 3 is 2.39 bits per heavy atom. The van der Waals surface area contributed by atoms with E-state index in [9.17, 15) is 0 Å². The van der Waals surface area contributed by atoms with Crippen molar-refractivity contribution in [3.05, 3.63) is 0 Å². The van der Waals surface area contributed by atoms with Crippen LogP contribution in [0, 0.1) is 11.3 Å². The van der Waals surface area contributed by atoms with E-state index in [0.717, 1.165) is 37.8 Å². The molecule has 0 aromatic heterocycles. The fraction of sp³-hybridized carbons (Fsp3) is 1.00. The molecule has 4 aliphatic rings. The first-order valence-electron chi connectivity index (χ1n) is 9.98. The Labute approximate surface area is 141 Å². The SMILES string of the molecule is CC1CCCN(C2CC3(CCN(C4CCOCC4)CC3N)C2)C1. The van der Waals surface area contributed by atoms with Crippen LogP contribution in [0.25, 0.3) is 0 Å². The first kappa shape index (κ1) is 16.3. The zero-order valence-electron chi connectivity index (χ0n) is 14.9. The number of nitrogens with zero attached hydrogens (tertiary/aromatic N) is 2. The second kappa shape index (κ2) is 6.62. The van der Waals surface area contributed by atoms with E-state index in [1.54, 1.807) is 0 Å². The van der Waals surface area contributed by atoms with Crippen LogP contribution in [0.15, 0.2) is 0 Å². The van der Waals surface area contributed by atoms with Crippen LogP contribution in [0.1, 0.15) is 51.9 Å². The van der Waals surface area contributed by atoms with E-state index in [0.29, 0.717) is 11.5 Å². The quantitative estimate of drug-likeness (QED) is 0.845. The van der Waals surface area contributed by atoms with E-state index >= 15 is 0 Å². The Morgan fingerprint density at radius 1 is 0.957 bits per heavy atom. The third kappa shape index (κ3) is 3.20. The van der Waals surface area contributed by atoms with Crippen molar-refractivity contribution in [2.45, 2.75) is 70.0 Å². The van der Waals surface area contributed by atoms with Gasteiger partial charge in [0.15, 0.2) is 0 Å². The highest BCUT2D eigenvalue weighted by molar-refractivity contribution is 5.08. The molecule has 2 N–H and O–H groups in total. The first-order chi connectivity index (χ1) is 11.2. The summed E-state index contributed by atoms with van der Waals surface area (Å²) in [5.41, 5.74) is 7.17. The van der Waals surface area contributed by atoms with Gasteiger partial charge in [0.1, 0.15) is 0 Å². The number of ether oxygens (including phenoxy) is 1. The lowest BCUT2D eigenvalue weighted by Crippen LogP contribution is -2.66. The summed E-state index contributed by atoms with van der Waals surface area (Å²) < 4.78 is 5.52. The molecule has 3 heterocycles. The molecule has 0 bridgehead atoms. The maximum absolute atomic E-state index is 6.70. The molecule has 0 aromatic carbocycles. The molecule has 3 saturated heterocycles. The van der Waals surface area contributed by atoms with Crippen molar-refractivity contribution in [2.75, 3.05) is 39.4 Å². The second-order valence-electron chi connectivity index (χ2n) is 8.86. The largest absolute Gasteiger partial charge is 0.381 e. The van der Waals surface area contributed by atoms with Crippen molar-refractivity contribution in [1.82, 2.24) is 9.80 Å². The third-order valence-corrected chi connectivity index (χ3v) is 7.31. The van der Waals surface area contributed by atoms with Gasteiger partial charge in [-0.05, 0) is 69.4 Å². The fourth-order valence-corrected chi connectivity index (χ4v) is 5.67. The topological polar surface area (TPSA) is 41.7 Å².